The van der Waals surface area contributed by atoms with Gasteiger partial charge in [-0.1, -0.05) is 71.4 Å². The maximum Gasteiger partial charge on any atom is 0.357 e. The summed E-state index contributed by atoms with van der Waals surface area (Å²) in [6.45, 7) is 1.70. The van der Waals surface area contributed by atoms with Crippen molar-refractivity contribution in [1.29, 1.82) is 0 Å². The molecule has 1 aliphatic heterocycles. The Morgan fingerprint density at radius 3 is 2.38 bits per heavy atom. The zero-order chi connectivity index (χ0) is 24.6. The third-order valence-corrected chi connectivity index (χ3v) is 7.24. The standard InChI is InChI=1S/C24H19Cl2N3O4S/c1-2-33-24(32)19-17(27)14(11-12-7-3-5-9-15(12)25)18-21(22(28)30)34-20(23(31)29(18)19)13-8-4-6-10-16(13)26/h3-11,20H,2,27H2,1H3,(H2,28,30)/b14-11+. The number of esters is 1. The summed E-state index contributed by atoms with van der Waals surface area (Å²) in [5.41, 5.74) is 13.0. The molecule has 0 radical (unpaired) electrons. The molecule has 2 heterocycles. The summed E-state index contributed by atoms with van der Waals surface area (Å²) in [6, 6.07) is 13.7. The Balaban J connectivity index is 2.12. The highest BCUT2D eigenvalue weighted by Crippen LogP contribution is 2.41. The molecule has 4 rings (SSSR count). The molecule has 2 aromatic carbocycles. The molecule has 0 spiro atoms. The van der Waals surface area contributed by atoms with Gasteiger partial charge in [-0.05, 0) is 36.3 Å². The van der Waals surface area contributed by atoms with Gasteiger partial charge in [-0.15, -0.1) is 0 Å². The number of fused-ring (bicyclic) bond motifs is 1. The number of carbonyl (C=O) groups excluding carboxylic acids is 3. The predicted molar refractivity (Wildman–Crippen MR) is 134 cm³/mol. The maximum atomic E-state index is 13.8. The second kappa shape index (κ2) is 9.58. The molecule has 1 atom stereocenters. The van der Waals surface area contributed by atoms with Crippen LogP contribution in [-0.2, 0) is 9.53 Å². The van der Waals surface area contributed by atoms with Gasteiger partial charge in [0.1, 0.15) is 5.25 Å². The normalized spacial score (nSPS) is 15.9. The molecule has 7 nitrogen and oxygen atoms in total. The Kier molecular flexibility index (Phi) is 6.74. The van der Waals surface area contributed by atoms with Crippen LogP contribution in [0.4, 0.5) is 5.69 Å². The van der Waals surface area contributed by atoms with Gasteiger partial charge < -0.3 is 16.2 Å². The minimum Gasteiger partial charge on any atom is -0.461 e. The smallest absolute Gasteiger partial charge is 0.357 e. The van der Waals surface area contributed by atoms with Gasteiger partial charge in [-0.25, -0.2) is 4.79 Å². The summed E-state index contributed by atoms with van der Waals surface area (Å²) in [4.78, 5) is 39.3. The van der Waals surface area contributed by atoms with Crippen LogP contribution in [0.1, 0.15) is 38.6 Å². The number of hydrogen-bond acceptors (Lipinski definition) is 6. The van der Waals surface area contributed by atoms with Crippen LogP contribution in [0.3, 0.4) is 0 Å². The molecule has 1 unspecified atom stereocenters. The van der Waals surface area contributed by atoms with Gasteiger partial charge >= 0.3 is 5.97 Å². The number of carbonyl (C=O) groups is 3. The van der Waals surface area contributed by atoms with Crippen LogP contribution in [0, 0.1) is 0 Å². The lowest BCUT2D eigenvalue weighted by atomic mass is 10.1. The van der Waals surface area contributed by atoms with E-state index in [1.807, 2.05) is 0 Å². The lowest BCUT2D eigenvalue weighted by Crippen LogP contribution is -2.43. The Morgan fingerprint density at radius 2 is 1.76 bits per heavy atom. The summed E-state index contributed by atoms with van der Waals surface area (Å²) in [5.74, 6) is -2.09. The number of nitrogens with two attached hydrogens (primary N) is 2. The Hall–Kier alpha value is -3.20. The topological polar surface area (TPSA) is 117 Å². The van der Waals surface area contributed by atoms with Crippen LogP contribution < -0.4 is 22.0 Å². The minimum absolute atomic E-state index is 0.0270. The number of thioether (sulfide) groups is 1. The van der Waals surface area contributed by atoms with Crippen LogP contribution >= 0.6 is 35.0 Å². The van der Waals surface area contributed by atoms with Gasteiger partial charge in [-0.2, -0.15) is 0 Å². The molecular formula is C24H19Cl2N3O4S. The second-order valence-electron chi connectivity index (χ2n) is 7.30. The second-order valence-corrected chi connectivity index (χ2v) is 9.23. The molecule has 1 aliphatic rings. The quantitative estimate of drug-likeness (QED) is 0.504. The van der Waals surface area contributed by atoms with Crippen molar-refractivity contribution in [3.05, 3.63) is 86.0 Å². The average molecular weight is 516 g/mol. The minimum atomic E-state index is -0.933. The van der Waals surface area contributed by atoms with Crippen molar-refractivity contribution >= 4 is 69.4 Å². The van der Waals surface area contributed by atoms with Crippen LogP contribution in [0.2, 0.25) is 10.0 Å². The molecule has 3 aromatic rings. The van der Waals surface area contributed by atoms with Gasteiger partial charge in [0, 0.05) is 15.3 Å². The highest BCUT2D eigenvalue weighted by atomic mass is 35.5. The summed E-state index contributed by atoms with van der Waals surface area (Å²) >= 11 is 13.6. The zero-order valence-corrected chi connectivity index (χ0v) is 20.2. The van der Waals surface area contributed by atoms with Crippen molar-refractivity contribution < 1.29 is 19.1 Å². The molecule has 0 saturated carbocycles. The highest BCUT2D eigenvalue weighted by molar-refractivity contribution is 8.10. The lowest BCUT2D eigenvalue weighted by molar-refractivity contribution is -0.112. The lowest BCUT2D eigenvalue weighted by Gasteiger charge is -2.23. The first-order valence-corrected chi connectivity index (χ1v) is 11.8. The monoisotopic (exact) mass is 515 g/mol. The number of halogens is 2. The van der Waals surface area contributed by atoms with Gasteiger partial charge in [0.25, 0.3) is 5.91 Å². The average Bonchev–Trinajstić information content (AvgIpc) is 3.09. The summed E-state index contributed by atoms with van der Waals surface area (Å²) in [5, 5.41) is 0.205. The molecule has 1 amide bonds. The number of amides is 1. The Labute approximate surface area is 209 Å². The Morgan fingerprint density at radius 1 is 1.12 bits per heavy atom. The number of nitrogens with zero attached hydrogens (tertiary/aromatic N) is 1. The van der Waals surface area contributed by atoms with E-state index in [0.29, 0.717) is 21.2 Å². The van der Waals surface area contributed by atoms with Crippen LogP contribution in [0.25, 0.3) is 11.0 Å². The fraction of sp³-hybridized carbons (Fsp3) is 0.125. The Bertz CT molecular complexity index is 1470. The van der Waals surface area contributed by atoms with E-state index in [4.69, 9.17) is 39.4 Å². The van der Waals surface area contributed by atoms with Crippen molar-refractivity contribution in [2.24, 2.45) is 5.73 Å². The number of primary amides is 1. The number of nitrogen functional groups attached to an aromatic ring is 1. The molecule has 0 aliphatic carbocycles. The first-order chi connectivity index (χ1) is 16.3. The number of rotatable bonds is 5. The molecule has 1 aromatic heterocycles. The fourth-order valence-electron chi connectivity index (χ4n) is 3.75. The van der Waals surface area contributed by atoms with Gasteiger partial charge in [0.2, 0.25) is 5.91 Å². The van der Waals surface area contributed by atoms with Crippen molar-refractivity contribution in [2.75, 3.05) is 12.3 Å². The molecule has 34 heavy (non-hydrogen) atoms. The van der Waals surface area contributed by atoms with E-state index in [1.165, 1.54) is 0 Å². The van der Waals surface area contributed by atoms with E-state index in [1.54, 1.807) is 61.5 Å². The highest BCUT2D eigenvalue weighted by Gasteiger charge is 2.38. The predicted octanol–water partition coefficient (Wildman–Crippen LogP) is 3.10. The fourth-order valence-corrected chi connectivity index (χ4v) is 5.45. The summed E-state index contributed by atoms with van der Waals surface area (Å²) in [7, 11) is 0. The largest absolute Gasteiger partial charge is 0.461 e. The van der Waals surface area contributed by atoms with E-state index in [9.17, 15) is 14.4 Å². The first kappa shape index (κ1) is 23.9. The van der Waals surface area contributed by atoms with Gasteiger partial charge in [0.15, 0.2) is 5.69 Å². The zero-order valence-electron chi connectivity index (χ0n) is 17.9. The first-order valence-electron chi connectivity index (χ1n) is 10.2. The van der Waals surface area contributed by atoms with E-state index >= 15 is 0 Å². The third kappa shape index (κ3) is 4.09. The van der Waals surface area contributed by atoms with E-state index in [2.05, 4.69) is 0 Å². The molecule has 10 heteroatoms. The molecule has 0 bridgehead atoms. The maximum absolute atomic E-state index is 13.8. The molecule has 0 saturated heterocycles. The number of aromatic nitrogens is 1. The van der Waals surface area contributed by atoms with Gasteiger partial charge in [0.05, 0.1) is 22.5 Å². The number of anilines is 1. The van der Waals surface area contributed by atoms with Gasteiger partial charge in [-0.3, -0.25) is 14.2 Å². The molecule has 174 valence electrons. The number of hydrogen-bond donors (Lipinski definition) is 2. The third-order valence-electron chi connectivity index (χ3n) is 5.23. The number of benzene rings is 2. The van der Waals surface area contributed by atoms with Crippen LogP contribution in [0.15, 0.2) is 48.5 Å². The molecular weight excluding hydrogens is 497 g/mol. The van der Waals surface area contributed by atoms with Crippen LogP contribution in [0.5, 0.6) is 0 Å². The van der Waals surface area contributed by atoms with E-state index in [0.717, 1.165) is 16.3 Å². The van der Waals surface area contributed by atoms with E-state index < -0.39 is 23.0 Å². The van der Waals surface area contributed by atoms with Crippen molar-refractivity contribution in [3.63, 3.8) is 0 Å². The van der Waals surface area contributed by atoms with Crippen molar-refractivity contribution in [2.45, 2.75) is 12.2 Å². The van der Waals surface area contributed by atoms with E-state index in [-0.39, 0.29) is 33.5 Å². The summed E-state index contributed by atoms with van der Waals surface area (Å²) in [6.07, 6.45) is 1.61. The van der Waals surface area contributed by atoms with Crippen LogP contribution in [-0.4, -0.2) is 29.0 Å². The number of ether oxygens (including phenoxy) is 1. The van der Waals surface area contributed by atoms with Crippen molar-refractivity contribution in [3.8, 4) is 0 Å². The summed E-state index contributed by atoms with van der Waals surface area (Å²) < 4.78 is 6.29. The SMILES string of the molecule is CCOC(=O)c1c(N)/c(=C\c2ccccc2Cl)c2n1C(=O)C(c1ccccc1Cl)SC=2C(N)=O. The molecule has 4 N–H and O–H groups in total. The molecule has 0 fully saturated rings. The van der Waals surface area contributed by atoms with Crippen molar-refractivity contribution in [1.82, 2.24) is 4.57 Å².